The Labute approximate surface area is 129 Å². The second kappa shape index (κ2) is 7.41. The highest BCUT2D eigenvalue weighted by Gasteiger charge is 2.32. The van der Waals surface area contributed by atoms with Crippen LogP contribution >= 0.6 is 15.9 Å². The molecule has 0 spiro atoms. The van der Waals surface area contributed by atoms with Gasteiger partial charge in [-0.3, -0.25) is 4.90 Å². The number of nitrogens with zero attached hydrogens (tertiary/aromatic N) is 1. The summed E-state index contributed by atoms with van der Waals surface area (Å²) >= 11 is 3.66. The number of nitrogens with one attached hydrogen (secondary N) is 1. The minimum Gasteiger partial charge on any atom is -0.497 e. The van der Waals surface area contributed by atoms with Crippen LogP contribution in [-0.2, 0) is 4.74 Å². The van der Waals surface area contributed by atoms with Gasteiger partial charge in [0.2, 0.25) is 0 Å². The molecule has 1 aliphatic rings. The third-order valence-corrected chi connectivity index (χ3v) is 4.44. The Morgan fingerprint density at radius 1 is 1.50 bits per heavy atom. The first-order valence-electron chi connectivity index (χ1n) is 7.03. The summed E-state index contributed by atoms with van der Waals surface area (Å²) in [4.78, 5) is 2.35. The lowest BCUT2D eigenvalue weighted by atomic mass is 9.98. The lowest BCUT2D eigenvalue weighted by molar-refractivity contribution is -0.0614. The second-order valence-electron chi connectivity index (χ2n) is 5.03. The van der Waals surface area contributed by atoms with Crippen LogP contribution in [0.15, 0.2) is 22.7 Å². The first-order chi connectivity index (χ1) is 9.67. The quantitative estimate of drug-likeness (QED) is 0.891. The maximum atomic E-state index is 5.98. The van der Waals surface area contributed by atoms with Gasteiger partial charge in [0.15, 0.2) is 0 Å². The Balaban J connectivity index is 2.29. The molecule has 2 atom stereocenters. The molecule has 20 heavy (non-hydrogen) atoms. The van der Waals surface area contributed by atoms with Crippen molar-refractivity contribution in [3.05, 3.63) is 28.2 Å². The van der Waals surface area contributed by atoms with Gasteiger partial charge in [-0.15, -0.1) is 0 Å². The van der Waals surface area contributed by atoms with Crippen molar-refractivity contribution >= 4 is 15.9 Å². The van der Waals surface area contributed by atoms with E-state index in [9.17, 15) is 0 Å². The van der Waals surface area contributed by atoms with E-state index in [0.717, 1.165) is 36.5 Å². The largest absolute Gasteiger partial charge is 0.497 e. The monoisotopic (exact) mass is 342 g/mol. The molecule has 0 bridgehead atoms. The smallest absolute Gasteiger partial charge is 0.119 e. The maximum Gasteiger partial charge on any atom is 0.119 e. The van der Waals surface area contributed by atoms with E-state index < -0.39 is 0 Å². The zero-order chi connectivity index (χ0) is 14.5. The molecule has 1 N–H and O–H groups in total. The fourth-order valence-corrected chi connectivity index (χ4v) is 3.11. The zero-order valence-electron chi connectivity index (χ0n) is 12.4. The highest BCUT2D eigenvalue weighted by molar-refractivity contribution is 9.10. The van der Waals surface area contributed by atoms with E-state index in [0.29, 0.717) is 0 Å². The fraction of sp³-hybridized carbons (Fsp3) is 0.600. The lowest BCUT2D eigenvalue weighted by Gasteiger charge is -2.40. The van der Waals surface area contributed by atoms with Gasteiger partial charge in [-0.05, 0) is 37.4 Å². The molecule has 2 unspecified atom stereocenters. The van der Waals surface area contributed by atoms with Gasteiger partial charge in [-0.1, -0.05) is 22.9 Å². The van der Waals surface area contributed by atoms with Gasteiger partial charge in [0.1, 0.15) is 5.75 Å². The normalized spacial score (nSPS) is 23.8. The predicted molar refractivity (Wildman–Crippen MR) is 84.3 cm³/mol. The van der Waals surface area contributed by atoms with Gasteiger partial charge in [0, 0.05) is 17.6 Å². The zero-order valence-corrected chi connectivity index (χ0v) is 13.9. The summed E-state index contributed by atoms with van der Waals surface area (Å²) in [6, 6.07) is 6.34. The molecule has 0 aliphatic carbocycles. The average molecular weight is 343 g/mol. The lowest BCUT2D eigenvalue weighted by Crippen LogP contribution is -2.47. The van der Waals surface area contributed by atoms with E-state index in [-0.39, 0.29) is 12.1 Å². The average Bonchev–Trinajstić information content (AvgIpc) is 2.46. The molecule has 0 radical (unpaired) electrons. The van der Waals surface area contributed by atoms with Gasteiger partial charge in [-0.2, -0.15) is 0 Å². The van der Waals surface area contributed by atoms with Gasteiger partial charge in [0.05, 0.1) is 25.9 Å². The molecule has 4 nitrogen and oxygen atoms in total. The van der Waals surface area contributed by atoms with Crippen molar-refractivity contribution in [2.24, 2.45) is 0 Å². The van der Waals surface area contributed by atoms with Crippen molar-refractivity contribution in [1.82, 2.24) is 10.2 Å². The molecule has 112 valence electrons. The molecule has 1 fully saturated rings. The maximum absolute atomic E-state index is 5.98. The molecule has 2 rings (SSSR count). The Hall–Kier alpha value is -0.620. The van der Waals surface area contributed by atoms with E-state index in [1.807, 2.05) is 12.1 Å². The van der Waals surface area contributed by atoms with E-state index >= 15 is 0 Å². The van der Waals surface area contributed by atoms with Crippen LogP contribution in [0.5, 0.6) is 5.75 Å². The molecule has 1 aromatic carbocycles. The molecular formula is C15H23BrN2O2. The molecule has 1 saturated heterocycles. The van der Waals surface area contributed by atoms with Crippen LogP contribution in [0.25, 0.3) is 0 Å². The Kier molecular flexibility index (Phi) is 5.84. The minimum atomic E-state index is 0.150. The summed E-state index contributed by atoms with van der Waals surface area (Å²) < 4.78 is 12.4. The van der Waals surface area contributed by atoms with Gasteiger partial charge < -0.3 is 14.8 Å². The number of methoxy groups -OCH3 is 1. The number of halogens is 1. The standard InChI is InChI=1S/C15H23BrN2O2/c1-4-17-10-14-15(18(2)7-8-20-14)12-9-11(19-3)5-6-13(12)16/h5-6,9,14-15,17H,4,7-8,10H2,1-3H3. The molecule has 1 aromatic rings. The van der Waals surface area contributed by atoms with Crippen LogP contribution in [-0.4, -0.2) is 51.4 Å². The molecule has 1 heterocycles. The SMILES string of the molecule is CCNCC1OCCN(C)C1c1cc(OC)ccc1Br. The number of benzene rings is 1. The van der Waals surface area contributed by atoms with Crippen LogP contribution in [0.1, 0.15) is 18.5 Å². The second-order valence-corrected chi connectivity index (χ2v) is 5.88. The summed E-state index contributed by atoms with van der Waals surface area (Å²) in [6.07, 6.45) is 0.150. The number of rotatable bonds is 5. The summed E-state index contributed by atoms with van der Waals surface area (Å²) in [5.74, 6) is 0.879. The van der Waals surface area contributed by atoms with Crippen LogP contribution in [0.4, 0.5) is 0 Å². The fourth-order valence-electron chi connectivity index (χ4n) is 2.63. The van der Waals surface area contributed by atoms with Crippen molar-refractivity contribution < 1.29 is 9.47 Å². The molecule has 1 aliphatic heterocycles. The highest BCUT2D eigenvalue weighted by Crippen LogP contribution is 2.35. The van der Waals surface area contributed by atoms with Gasteiger partial charge in [-0.25, -0.2) is 0 Å². The molecule has 0 saturated carbocycles. The highest BCUT2D eigenvalue weighted by atomic mass is 79.9. The van der Waals surface area contributed by atoms with Crippen molar-refractivity contribution in [2.45, 2.75) is 19.1 Å². The molecule has 0 amide bonds. The number of likely N-dealkylation sites (N-methyl/N-ethyl adjacent to an activating group) is 2. The van der Waals surface area contributed by atoms with Gasteiger partial charge in [0.25, 0.3) is 0 Å². The first kappa shape index (κ1) is 15.8. The van der Waals surface area contributed by atoms with Crippen molar-refractivity contribution in [3.8, 4) is 5.75 Å². The van der Waals surface area contributed by atoms with E-state index in [4.69, 9.17) is 9.47 Å². The number of ether oxygens (including phenoxy) is 2. The topological polar surface area (TPSA) is 33.7 Å². The first-order valence-corrected chi connectivity index (χ1v) is 7.82. The predicted octanol–water partition coefficient (Wildman–Crippen LogP) is 2.44. The Bertz CT molecular complexity index is 442. The molecule has 0 aromatic heterocycles. The number of hydrogen-bond acceptors (Lipinski definition) is 4. The van der Waals surface area contributed by atoms with Crippen LogP contribution in [0.3, 0.4) is 0 Å². The number of morpholine rings is 1. The number of hydrogen-bond donors (Lipinski definition) is 1. The minimum absolute atomic E-state index is 0.150. The van der Waals surface area contributed by atoms with Crippen molar-refractivity contribution in [2.75, 3.05) is 40.4 Å². The van der Waals surface area contributed by atoms with Crippen LogP contribution in [0, 0.1) is 0 Å². The molecule has 5 heteroatoms. The van der Waals surface area contributed by atoms with Crippen LogP contribution < -0.4 is 10.1 Å². The third-order valence-electron chi connectivity index (χ3n) is 3.72. The third kappa shape index (κ3) is 3.52. The summed E-state index contributed by atoms with van der Waals surface area (Å²) in [7, 11) is 3.85. The Morgan fingerprint density at radius 2 is 2.30 bits per heavy atom. The molecular weight excluding hydrogens is 320 g/mol. The summed E-state index contributed by atoms with van der Waals surface area (Å²) in [5, 5.41) is 3.39. The van der Waals surface area contributed by atoms with Gasteiger partial charge >= 0.3 is 0 Å². The Morgan fingerprint density at radius 3 is 3.00 bits per heavy atom. The van der Waals surface area contributed by atoms with E-state index in [2.05, 4.69) is 46.2 Å². The van der Waals surface area contributed by atoms with E-state index in [1.54, 1.807) is 7.11 Å². The summed E-state index contributed by atoms with van der Waals surface area (Å²) in [6.45, 7) is 5.65. The van der Waals surface area contributed by atoms with E-state index in [1.165, 1.54) is 5.56 Å². The summed E-state index contributed by atoms with van der Waals surface area (Å²) in [5.41, 5.74) is 1.22. The van der Waals surface area contributed by atoms with Crippen molar-refractivity contribution in [3.63, 3.8) is 0 Å². The van der Waals surface area contributed by atoms with Crippen molar-refractivity contribution in [1.29, 1.82) is 0 Å². The van der Waals surface area contributed by atoms with Crippen LogP contribution in [0.2, 0.25) is 0 Å².